The fourth-order valence-corrected chi connectivity index (χ4v) is 1.78. The highest BCUT2D eigenvalue weighted by Crippen LogP contribution is 2.32. The van der Waals surface area contributed by atoms with Gasteiger partial charge in [-0.15, -0.1) is 0 Å². The van der Waals surface area contributed by atoms with Crippen molar-refractivity contribution in [2.45, 2.75) is 33.0 Å². The maximum atomic E-state index is 10.1. The highest BCUT2D eigenvalue weighted by molar-refractivity contribution is 5.77. The number of furan rings is 1. The van der Waals surface area contributed by atoms with E-state index in [0.29, 0.717) is 5.76 Å². The van der Waals surface area contributed by atoms with Gasteiger partial charge in [-0.2, -0.15) is 0 Å². The van der Waals surface area contributed by atoms with Crippen LogP contribution in [0.4, 0.5) is 0 Å². The van der Waals surface area contributed by atoms with E-state index in [-0.39, 0.29) is 0 Å². The molecule has 2 atom stereocenters. The average Bonchev–Trinajstić information content (AvgIpc) is 2.69. The van der Waals surface area contributed by atoms with Crippen molar-refractivity contribution in [2.24, 2.45) is 5.41 Å². The van der Waals surface area contributed by atoms with Gasteiger partial charge in [-0.25, -0.2) is 0 Å². The van der Waals surface area contributed by atoms with Gasteiger partial charge in [0.2, 0.25) is 0 Å². The lowest BCUT2D eigenvalue weighted by Gasteiger charge is -2.28. The van der Waals surface area contributed by atoms with Gasteiger partial charge in [0.15, 0.2) is 0 Å². The van der Waals surface area contributed by atoms with E-state index >= 15 is 0 Å². The van der Waals surface area contributed by atoms with Crippen LogP contribution in [0.1, 0.15) is 32.6 Å². The van der Waals surface area contributed by atoms with Gasteiger partial charge in [-0.05, 0) is 17.5 Å². The van der Waals surface area contributed by atoms with Crippen LogP contribution in [-0.4, -0.2) is 16.3 Å². The number of aliphatic hydroxyl groups excluding tert-OH is 2. The van der Waals surface area contributed by atoms with Crippen molar-refractivity contribution in [2.75, 3.05) is 0 Å². The van der Waals surface area contributed by atoms with Crippen LogP contribution in [0.5, 0.6) is 0 Å². The molecule has 0 aliphatic carbocycles. The molecule has 2 aromatic rings. The molecular weight excluding hydrogens is 216 g/mol. The van der Waals surface area contributed by atoms with Crippen LogP contribution in [0.3, 0.4) is 0 Å². The molecule has 2 N–H and O–H groups in total. The van der Waals surface area contributed by atoms with Gasteiger partial charge in [0, 0.05) is 5.39 Å². The number of fused-ring (bicyclic) bond motifs is 1. The molecule has 0 fully saturated rings. The largest absolute Gasteiger partial charge is 0.458 e. The van der Waals surface area contributed by atoms with Gasteiger partial charge in [0.05, 0.1) is 6.10 Å². The Balaban J connectivity index is 2.33. The SMILES string of the molecule is CC(C)(C)C(O)C(O)c1cc2ccccc2o1. The molecule has 92 valence electrons. The topological polar surface area (TPSA) is 53.6 Å². The lowest BCUT2D eigenvalue weighted by molar-refractivity contribution is -0.0541. The summed E-state index contributed by atoms with van der Waals surface area (Å²) in [5, 5.41) is 21.0. The Morgan fingerprint density at radius 2 is 1.76 bits per heavy atom. The summed E-state index contributed by atoms with van der Waals surface area (Å²) in [6, 6.07) is 9.32. The van der Waals surface area contributed by atoms with Crippen LogP contribution >= 0.6 is 0 Å². The maximum absolute atomic E-state index is 10.1. The minimum absolute atomic E-state index is 0.390. The maximum Gasteiger partial charge on any atom is 0.138 e. The fraction of sp³-hybridized carbons (Fsp3) is 0.429. The van der Waals surface area contributed by atoms with Crippen LogP contribution in [0.15, 0.2) is 34.7 Å². The van der Waals surface area contributed by atoms with Crippen LogP contribution in [0.2, 0.25) is 0 Å². The average molecular weight is 234 g/mol. The molecule has 1 heterocycles. The highest BCUT2D eigenvalue weighted by Gasteiger charge is 2.32. The molecule has 2 unspecified atom stereocenters. The molecule has 3 heteroatoms. The van der Waals surface area contributed by atoms with E-state index in [1.165, 1.54) is 0 Å². The number of rotatable bonds is 2. The van der Waals surface area contributed by atoms with Crippen molar-refractivity contribution in [1.29, 1.82) is 0 Å². The molecule has 0 saturated carbocycles. The van der Waals surface area contributed by atoms with E-state index in [4.69, 9.17) is 4.42 Å². The molecule has 0 saturated heterocycles. The third-order valence-electron chi connectivity index (χ3n) is 2.92. The fourth-order valence-electron chi connectivity index (χ4n) is 1.78. The smallest absolute Gasteiger partial charge is 0.138 e. The number of aliphatic hydroxyl groups is 2. The molecule has 2 rings (SSSR count). The van der Waals surface area contributed by atoms with Gasteiger partial charge < -0.3 is 14.6 Å². The van der Waals surface area contributed by atoms with E-state index in [1.807, 2.05) is 45.0 Å². The molecule has 0 amide bonds. The van der Waals surface area contributed by atoms with Gasteiger partial charge in [0.1, 0.15) is 17.4 Å². The quantitative estimate of drug-likeness (QED) is 0.840. The van der Waals surface area contributed by atoms with E-state index < -0.39 is 17.6 Å². The summed E-state index contributed by atoms with van der Waals surface area (Å²) in [6.45, 7) is 5.64. The van der Waals surface area contributed by atoms with Crippen LogP contribution in [-0.2, 0) is 0 Å². The van der Waals surface area contributed by atoms with Crippen molar-refractivity contribution in [3.63, 3.8) is 0 Å². The zero-order chi connectivity index (χ0) is 12.6. The Kier molecular flexibility index (Phi) is 2.98. The summed E-state index contributed by atoms with van der Waals surface area (Å²) in [7, 11) is 0. The Morgan fingerprint density at radius 1 is 1.12 bits per heavy atom. The molecule has 1 aromatic heterocycles. The summed E-state index contributed by atoms with van der Waals surface area (Å²) < 4.78 is 5.54. The van der Waals surface area contributed by atoms with Crippen LogP contribution in [0.25, 0.3) is 11.0 Å². The second-order valence-electron chi connectivity index (χ2n) is 5.44. The van der Waals surface area contributed by atoms with Gasteiger partial charge in [-0.1, -0.05) is 39.0 Å². The Bertz CT molecular complexity index is 474. The first-order chi connectivity index (χ1) is 7.89. The first-order valence-electron chi connectivity index (χ1n) is 5.74. The standard InChI is InChI=1S/C14H18O3/c1-14(2,3)13(16)12(15)11-8-9-6-4-5-7-10(9)17-11/h4-8,12-13,15-16H,1-3H3. The molecule has 0 bridgehead atoms. The first kappa shape index (κ1) is 12.1. The zero-order valence-electron chi connectivity index (χ0n) is 10.3. The molecule has 17 heavy (non-hydrogen) atoms. The summed E-state index contributed by atoms with van der Waals surface area (Å²) in [5.74, 6) is 0.411. The van der Waals surface area contributed by atoms with E-state index in [1.54, 1.807) is 6.07 Å². The van der Waals surface area contributed by atoms with Crippen molar-refractivity contribution < 1.29 is 14.6 Å². The number of para-hydroxylation sites is 1. The lowest BCUT2D eigenvalue weighted by Crippen LogP contribution is -2.32. The second-order valence-corrected chi connectivity index (χ2v) is 5.44. The van der Waals surface area contributed by atoms with Crippen molar-refractivity contribution in [3.8, 4) is 0 Å². The molecule has 0 aliphatic rings. The highest BCUT2D eigenvalue weighted by atomic mass is 16.4. The first-order valence-corrected chi connectivity index (χ1v) is 5.74. The molecule has 0 aliphatic heterocycles. The third-order valence-corrected chi connectivity index (χ3v) is 2.92. The van der Waals surface area contributed by atoms with E-state index in [9.17, 15) is 10.2 Å². The third kappa shape index (κ3) is 2.35. The predicted molar refractivity (Wildman–Crippen MR) is 66.6 cm³/mol. The lowest BCUT2D eigenvalue weighted by atomic mass is 9.85. The summed E-state index contributed by atoms with van der Waals surface area (Å²) in [5.41, 5.74) is 0.334. The predicted octanol–water partition coefficient (Wildman–Crippen LogP) is 2.87. The van der Waals surface area contributed by atoms with Crippen molar-refractivity contribution in [1.82, 2.24) is 0 Å². The molecule has 1 aromatic carbocycles. The van der Waals surface area contributed by atoms with Crippen molar-refractivity contribution >= 4 is 11.0 Å². The van der Waals surface area contributed by atoms with Gasteiger partial charge in [0.25, 0.3) is 0 Å². The van der Waals surface area contributed by atoms with E-state index in [2.05, 4.69) is 0 Å². The molecule has 3 nitrogen and oxygen atoms in total. The monoisotopic (exact) mass is 234 g/mol. The summed E-state index contributed by atoms with van der Waals surface area (Å²) >= 11 is 0. The Morgan fingerprint density at radius 3 is 2.35 bits per heavy atom. The Hall–Kier alpha value is -1.32. The van der Waals surface area contributed by atoms with E-state index in [0.717, 1.165) is 11.0 Å². The normalized spacial score (nSPS) is 16.1. The Labute approximate surface area is 101 Å². The number of hydrogen-bond donors (Lipinski definition) is 2. The summed E-state index contributed by atoms with van der Waals surface area (Å²) in [6.07, 6.45) is -1.86. The number of hydrogen-bond acceptors (Lipinski definition) is 3. The van der Waals surface area contributed by atoms with Gasteiger partial charge >= 0.3 is 0 Å². The van der Waals surface area contributed by atoms with Crippen molar-refractivity contribution in [3.05, 3.63) is 36.1 Å². The number of benzene rings is 1. The molecule has 0 radical (unpaired) electrons. The molecule has 0 spiro atoms. The van der Waals surface area contributed by atoms with Crippen LogP contribution < -0.4 is 0 Å². The summed E-state index contributed by atoms with van der Waals surface area (Å²) in [4.78, 5) is 0. The zero-order valence-corrected chi connectivity index (χ0v) is 10.3. The second kappa shape index (κ2) is 4.17. The van der Waals surface area contributed by atoms with Crippen LogP contribution in [0, 0.1) is 5.41 Å². The van der Waals surface area contributed by atoms with Gasteiger partial charge in [-0.3, -0.25) is 0 Å². The minimum atomic E-state index is -0.998. The minimum Gasteiger partial charge on any atom is -0.458 e. The molecular formula is C14H18O3.